The molecule has 3 aromatic carbocycles. The van der Waals surface area contributed by atoms with Gasteiger partial charge in [0.25, 0.3) is 11.8 Å². The van der Waals surface area contributed by atoms with Crippen LogP contribution in [-0.4, -0.2) is 61.6 Å². The number of thioether (sulfide) groups is 1. The molecule has 0 aliphatic carbocycles. The number of aliphatic hydroxyl groups excluding tert-OH is 1. The Morgan fingerprint density at radius 3 is 2.37 bits per heavy atom. The molecule has 228 valence electrons. The van der Waals surface area contributed by atoms with Gasteiger partial charge in [-0.3, -0.25) is 14.4 Å². The van der Waals surface area contributed by atoms with Gasteiger partial charge in [-0.25, -0.2) is 4.39 Å². The number of halogens is 1. The first kappa shape index (κ1) is 32.0. The monoisotopic (exact) mass is 607 g/mol. The lowest BCUT2D eigenvalue weighted by Gasteiger charge is -2.33. The lowest BCUT2D eigenvalue weighted by atomic mass is 9.96. The first-order valence-electron chi connectivity index (χ1n) is 14.1. The molecule has 3 amide bonds. The molecule has 1 aliphatic heterocycles. The zero-order chi connectivity index (χ0) is 31.5. The highest BCUT2D eigenvalue weighted by molar-refractivity contribution is 8.00. The summed E-state index contributed by atoms with van der Waals surface area (Å²) in [5, 5.41) is 27.2. The predicted molar refractivity (Wildman–Crippen MR) is 165 cm³/mol. The molecule has 1 fully saturated rings. The van der Waals surface area contributed by atoms with Gasteiger partial charge in [0.15, 0.2) is 6.10 Å². The summed E-state index contributed by atoms with van der Waals surface area (Å²) in [7, 11) is 0. The third-order valence-corrected chi connectivity index (χ3v) is 9.38. The van der Waals surface area contributed by atoms with Crippen LogP contribution in [0.15, 0.2) is 60.7 Å². The van der Waals surface area contributed by atoms with Crippen LogP contribution < -0.4 is 10.6 Å². The molecular formula is C33H38FN3O5S. The smallest absolute Gasteiger partial charge is 0.254 e. The first-order valence-corrected chi connectivity index (χ1v) is 15.1. The SMILES string of the molecule is Cc1cccc(C)c1CNC(=O)C1N(C(=O)[C@@H](O)[C@H](Cc2cccc(F)c2)NC(=O)c2cccc(O)c2C)CSC1(C)C. The van der Waals surface area contributed by atoms with E-state index in [1.54, 1.807) is 13.0 Å². The highest BCUT2D eigenvalue weighted by atomic mass is 32.2. The second-order valence-corrected chi connectivity index (χ2v) is 13.1. The average Bonchev–Trinajstić information content (AvgIpc) is 3.27. The van der Waals surface area contributed by atoms with Crippen molar-refractivity contribution in [3.05, 3.63) is 99.9 Å². The molecule has 0 saturated carbocycles. The molecule has 1 aliphatic rings. The molecule has 4 rings (SSSR count). The number of rotatable bonds is 9. The van der Waals surface area contributed by atoms with Crippen molar-refractivity contribution in [2.24, 2.45) is 0 Å². The number of carbonyl (C=O) groups is 3. The van der Waals surface area contributed by atoms with E-state index in [0.29, 0.717) is 17.7 Å². The molecule has 0 spiro atoms. The maximum absolute atomic E-state index is 14.0. The van der Waals surface area contributed by atoms with Crippen molar-refractivity contribution in [1.82, 2.24) is 15.5 Å². The zero-order valence-corrected chi connectivity index (χ0v) is 25.8. The number of aryl methyl sites for hydroxylation is 2. The number of hydrogen-bond donors (Lipinski definition) is 4. The molecule has 3 atom stereocenters. The van der Waals surface area contributed by atoms with Gasteiger partial charge in [-0.1, -0.05) is 36.4 Å². The molecular weight excluding hydrogens is 569 g/mol. The topological polar surface area (TPSA) is 119 Å². The maximum Gasteiger partial charge on any atom is 0.254 e. The van der Waals surface area contributed by atoms with Gasteiger partial charge in [-0.2, -0.15) is 0 Å². The Labute approximate surface area is 255 Å². The van der Waals surface area contributed by atoms with E-state index < -0.39 is 40.6 Å². The summed E-state index contributed by atoms with van der Waals surface area (Å²) >= 11 is 1.42. The zero-order valence-electron chi connectivity index (χ0n) is 25.0. The van der Waals surface area contributed by atoms with Crippen LogP contribution in [0.5, 0.6) is 5.75 Å². The van der Waals surface area contributed by atoms with Crippen LogP contribution in [0.4, 0.5) is 4.39 Å². The van der Waals surface area contributed by atoms with Crippen molar-refractivity contribution in [2.45, 2.75) is 70.5 Å². The van der Waals surface area contributed by atoms with Crippen LogP contribution in [0.25, 0.3) is 0 Å². The third kappa shape index (κ3) is 7.19. The van der Waals surface area contributed by atoms with Crippen LogP contribution in [-0.2, 0) is 22.6 Å². The second kappa shape index (κ2) is 13.2. The Balaban J connectivity index is 1.58. The summed E-state index contributed by atoms with van der Waals surface area (Å²) < 4.78 is 13.4. The van der Waals surface area contributed by atoms with E-state index in [1.165, 1.54) is 53.1 Å². The Morgan fingerprint density at radius 2 is 1.70 bits per heavy atom. The summed E-state index contributed by atoms with van der Waals surface area (Å²) in [4.78, 5) is 42.1. The largest absolute Gasteiger partial charge is 0.508 e. The molecule has 1 unspecified atom stereocenters. The summed E-state index contributed by atoms with van der Waals surface area (Å²) in [6.07, 6.45) is -1.80. The number of carbonyl (C=O) groups excluding carboxylic acids is 3. The lowest BCUT2D eigenvalue weighted by molar-refractivity contribution is -0.147. The van der Waals surface area contributed by atoms with Crippen molar-refractivity contribution < 1.29 is 29.0 Å². The maximum atomic E-state index is 14.0. The molecule has 4 N–H and O–H groups in total. The van der Waals surface area contributed by atoms with Gasteiger partial charge < -0.3 is 25.7 Å². The molecule has 3 aromatic rings. The number of amides is 3. The third-order valence-electron chi connectivity index (χ3n) is 8.01. The van der Waals surface area contributed by atoms with Gasteiger partial charge in [0.1, 0.15) is 17.6 Å². The summed E-state index contributed by atoms with van der Waals surface area (Å²) in [6, 6.07) is 14.0. The standard InChI is InChI=1S/C33H38FN3O5S/c1-19-9-6-10-20(2)25(19)17-35-31(41)29-33(4,5)43-18-37(29)32(42)28(39)26(16-22-11-7-12-23(34)15-22)36-30(40)24-13-8-14-27(38)21(24)3/h6-15,26,28-29,38-39H,16-18H2,1-5H3,(H,35,41)(H,36,40)/t26-,28-,29?/m0/s1. The minimum Gasteiger partial charge on any atom is -0.508 e. The van der Waals surface area contributed by atoms with Gasteiger partial charge in [0.2, 0.25) is 5.91 Å². The summed E-state index contributed by atoms with van der Waals surface area (Å²) in [5.74, 6) is -2.08. The Bertz CT molecular complexity index is 1510. The number of nitrogens with one attached hydrogen (secondary N) is 2. The summed E-state index contributed by atoms with van der Waals surface area (Å²) in [6.45, 7) is 9.57. The number of aliphatic hydroxyl groups is 1. The van der Waals surface area contributed by atoms with Gasteiger partial charge >= 0.3 is 0 Å². The molecule has 0 bridgehead atoms. The lowest BCUT2D eigenvalue weighted by Crippen LogP contribution is -2.58. The van der Waals surface area contributed by atoms with E-state index >= 15 is 0 Å². The average molecular weight is 608 g/mol. The fourth-order valence-corrected chi connectivity index (χ4v) is 6.57. The number of benzene rings is 3. The predicted octanol–water partition coefficient (Wildman–Crippen LogP) is 4.16. The highest BCUT2D eigenvalue weighted by Gasteiger charge is 2.49. The van der Waals surface area contributed by atoms with Gasteiger partial charge in [0.05, 0.1) is 11.9 Å². The molecule has 10 heteroatoms. The molecule has 0 radical (unpaired) electrons. The highest BCUT2D eigenvalue weighted by Crippen LogP contribution is 2.40. The number of nitrogens with zero attached hydrogens (tertiary/aromatic N) is 1. The van der Waals surface area contributed by atoms with E-state index in [9.17, 15) is 29.0 Å². The Morgan fingerprint density at radius 1 is 1.05 bits per heavy atom. The Hall–Kier alpha value is -3.89. The van der Waals surface area contributed by atoms with Gasteiger partial charge in [-0.05, 0) is 87.6 Å². The number of phenolic OH excluding ortho intramolecular Hbond substituents is 1. The number of phenols is 1. The van der Waals surface area contributed by atoms with E-state index in [0.717, 1.165) is 16.7 Å². The van der Waals surface area contributed by atoms with E-state index in [1.807, 2.05) is 45.9 Å². The van der Waals surface area contributed by atoms with E-state index in [4.69, 9.17) is 0 Å². The quantitative estimate of drug-likeness (QED) is 0.290. The van der Waals surface area contributed by atoms with Crippen LogP contribution in [0.2, 0.25) is 0 Å². The van der Waals surface area contributed by atoms with Crippen molar-refractivity contribution in [2.75, 3.05) is 5.88 Å². The van der Waals surface area contributed by atoms with Crippen molar-refractivity contribution in [3.8, 4) is 5.75 Å². The van der Waals surface area contributed by atoms with Gasteiger partial charge in [-0.15, -0.1) is 11.8 Å². The second-order valence-electron chi connectivity index (χ2n) is 11.5. The molecule has 1 saturated heterocycles. The Kier molecular flexibility index (Phi) is 9.82. The van der Waals surface area contributed by atoms with E-state index in [-0.39, 0.29) is 29.5 Å². The number of hydrogen-bond acceptors (Lipinski definition) is 6. The van der Waals surface area contributed by atoms with Crippen LogP contribution in [0.3, 0.4) is 0 Å². The molecule has 0 aromatic heterocycles. The minimum atomic E-state index is -1.74. The van der Waals surface area contributed by atoms with Gasteiger partial charge in [0, 0.05) is 22.4 Å². The molecule has 8 nitrogen and oxygen atoms in total. The van der Waals surface area contributed by atoms with E-state index in [2.05, 4.69) is 10.6 Å². The normalized spacial score (nSPS) is 17.3. The number of aromatic hydroxyl groups is 1. The summed E-state index contributed by atoms with van der Waals surface area (Å²) in [5.41, 5.74) is 4.05. The molecule has 1 heterocycles. The van der Waals surface area contributed by atoms with Crippen LogP contribution >= 0.6 is 11.8 Å². The first-order chi connectivity index (χ1) is 20.3. The van der Waals surface area contributed by atoms with Crippen molar-refractivity contribution in [3.63, 3.8) is 0 Å². The van der Waals surface area contributed by atoms with Crippen LogP contribution in [0.1, 0.15) is 52.0 Å². The fraction of sp³-hybridized carbons (Fsp3) is 0.364. The fourth-order valence-electron chi connectivity index (χ4n) is 5.43. The van der Waals surface area contributed by atoms with Crippen LogP contribution in [0, 0.1) is 26.6 Å². The minimum absolute atomic E-state index is 0.0535. The van der Waals surface area contributed by atoms with Crippen molar-refractivity contribution >= 4 is 29.5 Å². The van der Waals surface area contributed by atoms with Crippen molar-refractivity contribution in [1.29, 1.82) is 0 Å². The molecule has 43 heavy (non-hydrogen) atoms.